The summed E-state index contributed by atoms with van der Waals surface area (Å²) in [4.78, 5) is 11.9. The molecule has 20 heavy (non-hydrogen) atoms. The molecule has 1 amide bonds. The molecule has 0 radical (unpaired) electrons. The second kappa shape index (κ2) is 6.39. The Bertz CT molecular complexity index is 614. The molecule has 2 aromatic rings. The van der Waals surface area contributed by atoms with Crippen molar-refractivity contribution in [3.8, 4) is 5.75 Å². The SMILES string of the molecule is COc1ccc(CNC(=O)c2ccc(F)cc2)c(Cl)c1. The van der Waals surface area contributed by atoms with Gasteiger partial charge in [0.15, 0.2) is 0 Å². The Morgan fingerprint density at radius 2 is 1.95 bits per heavy atom. The summed E-state index contributed by atoms with van der Waals surface area (Å²) in [5.74, 6) is 0.000227. The third kappa shape index (κ3) is 3.48. The summed E-state index contributed by atoms with van der Waals surface area (Å²) < 4.78 is 17.8. The van der Waals surface area contributed by atoms with Gasteiger partial charge in [-0.15, -0.1) is 0 Å². The first-order valence-corrected chi connectivity index (χ1v) is 6.34. The van der Waals surface area contributed by atoms with Crippen LogP contribution in [0.4, 0.5) is 4.39 Å². The highest BCUT2D eigenvalue weighted by Crippen LogP contribution is 2.22. The van der Waals surface area contributed by atoms with E-state index in [0.717, 1.165) is 5.56 Å². The molecule has 0 saturated carbocycles. The lowest BCUT2D eigenvalue weighted by molar-refractivity contribution is 0.0951. The molecule has 0 aliphatic rings. The van der Waals surface area contributed by atoms with Crippen LogP contribution < -0.4 is 10.1 Å². The van der Waals surface area contributed by atoms with E-state index in [9.17, 15) is 9.18 Å². The van der Waals surface area contributed by atoms with Crippen LogP contribution >= 0.6 is 11.6 Å². The van der Waals surface area contributed by atoms with Crippen LogP contribution in [0.5, 0.6) is 5.75 Å². The lowest BCUT2D eigenvalue weighted by Gasteiger charge is -2.08. The molecule has 0 spiro atoms. The van der Waals surface area contributed by atoms with Gasteiger partial charge in [0.1, 0.15) is 11.6 Å². The summed E-state index contributed by atoms with van der Waals surface area (Å²) in [6.07, 6.45) is 0. The molecule has 1 N–H and O–H groups in total. The molecule has 104 valence electrons. The van der Waals surface area contributed by atoms with E-state index in [1.54, 1.807) is 25.3 Å². The standard InChI is InChI=1S/C15H13ClFNO2/c1-20-13-7-4-11(14(16)8-13)9-18-15(19)10-2-5-12(17)6-3-10/h2-8H,9H2,1H3,(H,18,19). The minimum Gasteiger partial charge on any atom is -0.497 e. The number of rotatable bonds is 4. The largest absolute Gasteiger partial charge is 0.497 e. The number of hydrogen-bond donors (Lipinski definition) is 1. The van der Waals surface area contributed by atoms with Crippen molar-refractivity contribution < 1.29 is 13.9 Å². The highest BCUT2D eigenvalue weighted by atomic mass is 35.5. The first-order chi connectivity index (χ1) is 9.60. The van der Waals surface area contributed by atoms with Crippen LogP contribution in [0.3, 0.4) is 0 Å². The quantitative estimate of drug-likeness (QED) is 0.938. The maximum atomic E-state index is 12.8. The van der Waals surface area contributed by atoms with Gasteiger partial charge in [0.2, 0.25) is 0 Å². The van der Waals surface area contributed by atoms with E-state index >= 15 is 0 Å². The second-order valence-electron chi connectivity index (χ2n) is 4.15. The first kappa shape index (κ1) is 14.3. The Morgan fingerprint density at radius 1 is 1.25 bits per heavy atom. The van der Waals surface area contributed by atoms with E-state index in [1.165, 1.54) is 24.3 Å². The van der Waals surface area contributed by atoms with Crippen molar-refractivity contribution in [2.75, 3.05) is 7.11 Å². The highest BCUT2D eigenvalue weighted by Gasteiger charge is 2.07. The topological polar surface area (TPSA) is 38.3 Å². The van der Waals surface area contributed by atoms with Crippen LogP contribution in [-0.4, -0.2) is 13.0 Å². The van der Waals surface area contributed by atoms with Gasteiger partial charge in [-0.2, -0.15) is 0 Å². The Balaban J connectivity index is 2.01. The van der Waals surface area contributed by atoms with E-state index in [2.05, 4.69) is 5.32 Å². The van der Waals surface area contributed by atoms with Crippen LogP contribution in [0.15, 0.2) is 42.5 Å². The van der Waals surface area contributed by atoms with Gasteiger partial charge in [-0.05, 0) is 42.0 Å². The average Bonchev–Trinajstić information content (AvgIpc) is 2.46. The predicted octanol–water partition coefficient (Wildman–Crippen LogP) is 3.42. The summed E-state index contributed by atoms with van der Waals surface area (Å²) in [6, 6.07) is 10.6. The molecule has 0 heterocycles. The van der Waals surface area contributed by atoms with Crippen molar-refractivity contribution in [1.29, 1.82) is 0 Å². The number of methoxy groups -OCH3 is 1. The Hall–Kier alpha value is -2.07. The third-order valence-electron chi connectivity index (χ3n) is 2.81. The van der Waals surface area contributed by atoms with Gasteiger partial charge in [0, 0.05) is 17.1 Å². The lowest BCUT2D eigenvalue weighted by Crippen LogP contribution is -2.22. The number of carbonyl (C=O) groups is 1. The molecule has 2 rings (SSSR count). The van der Waals surface area contributed by atoms with Crippen molar-refractivity contribution in [2.45, 2.75) is 6.54 Å². The molecule has 0 aromatic heterocycles. The minimum absolute atomic E-state index is 0.281. The molecular weight excluding hydrogens is 281 g/mol. The summed E-state index contributed by atoms with van der Waals surface area (Å²) in [5.41, 5.74) is 1.18. The number of benzene rings is 2. The summed E-state index contributed by atoms with van der Waals surface area (Å²) in [5, 5.41) is 3.24. The normalized spacial score (nSPS) is 10.2. The zero-order valence-electron chi connectivity index (χ0n) is 10.8. The molecule has 0 atom stereocenters. The molecule has 0 bridgehead atoms. The molecule has 3 nitrogen and oxygen atoms in total. The number of nitrogens with one attached hydrogen (secondary N) is 1. The Labute approximate surface area is 121 Å². The minimum atomic E-state index is -0.375. The predicted molar refractivity (Wildman–Crippen MR) is 75.6 cm³/mol. The molecule has 0 aliphatic carbocycles. The number of hydrogen-bond acceptors (Lipinski definition) is 2. The number of ether oxygens (including phenoxy) is 1. The molecule has 0 unspecified atom stereocenters. The fourth-order valence-electron chi connectivity index (χ4n) is 1.68. The van der Waals surface area contributed by atoms with E-state index in [4.69, 9.17) is 16.3 Å². The van der Waals surface area contributed by atoms with Gasteiger partial charge in [0.05, 0.1) is 7.11 Å². The number of amides is 1. The average molecular weight is 294 g/mol. The van der Waals surface area contributed by atoms with Crippen molar-refractivity contribution in [3.63, 3.8) is 0 Å². The van der Waals surface area contributed by atoms with E-state index in [0.29, 0.717) is 22.9 Å². The van der Waals surface area contributed by atoms with Gasteiger partial charge in [-0.3, -0.25) is 4.79 Å². The van der Waals surface area contributed by atoms with Crippen LogP contribution in [0, 0.1) is 5.82 Å². The molecule has 5 heteroatoms. The summed E-state index contributed by atoms with van der Waals surface area (Å²) in [7, 11) is 1.56. The monoisotopic (exact) mass is 293 g/mol. The maximum Gasteiger partial charge on any atom is 0.251 e. The van der Waals surface area contributed by atoms with E-state index < -0.39 is 0 Å². The van der Waals surface area contributed by atoms with Gasteiger partial charge < -0.3 is 10.1 Å². The zero-order chi connectivity index (χ0) is 14.5. The fraction of sp³-hybridized carbons (Fsp3) is 0.133. The Morgan fingerprint density at radius 3 is 2.55 bits per heavy atom. The first-order valence-electron chi connectivity index (χ1n) is 5.96. The van der Waals surface area contributed by atoms with Crippen LogP contribution in [0.25, 0.3) is 0 Å². The van der Waals surface area contributed by atoms with E-state index in [1.807, 2.05) is 0 Å². The van der Waals surface area contributed by atoms with Crippen LogP contribution in [0.1, 0.15) is 15.9 Å². The van der Waals surface area contributed by atoms with Crippen molar-refractivity contribution in [3.05, 3.63) is 64.4 Å². The summed E-state index contributed by atoms with van der Waals surface area (Å²) >= 11 is 6.08. The van der Waals surface area contributed by atoms with Gasteiger partial charge in [-0.25, -0.2) is 4.39 Å². The van der Waals surface area contributed by atoms with Gasteiger partial charge in [-0.1, -0.05) is 17.7 Å². The van der Waals surface area contributed by atoms with Crippen LogP contribution in [0.2, 0.25) is 5.02 Å². The van der Waals surface area contributed by atoms with Crippen molar-refractivity contribution in [2.24, 2.45) is 0 Å². The van der Waals surface area contributed by atoms with Gasteiger partial charge in [0.25, 0.3) is 5.91 Å². The second-order valence-corrected chi connectivity index (χ2v) is 4.55. The molecular formula is C15H13ClFNO2. The maximum absolute atomic E-state index is 12.8. The Kier molecular flexibility index (Phi) is 4.58. The molecule has 0 saturated heterocycles. The van der Waals surface area contributed by atoms with Crippen LogP contribution in [-0.2, 0) is 6.54 Å². The number of carbonyl (C=O) groups excluding carboxylic acids is 1. The third-order valence-corrected chi connectivity index (χ3v) is 3.16. The highest BCUT2D eigenvalue weighted by molar-refractivity contribution is 6.31. The molecule has 2 aromatic carbocycles. The smallest absolute Gasteiger partial charge is 0.251 e. The lowest BCUT2D eigenvalue weighted by atomic mass is 10.2. The number of halogens is 2. The molecule has 0 aliphatic heterocycles. The summed E-state index contributed by atoms with van der Waals surface area (Å²) in [6.45, 7) is 0.291. The zero-order valence-corrected chi connectivity index (χ0v) is 11.6. The van der Waals surface area contributed by atoms with Crippen molar-refractivity contribution >= 4 is 17.5 Å². The van der Waals surface area contributed by atoms with Gasteiger partial charge >= 0.3 is 0 Å². The fourth-order valence-corrected chi connectivity index (χ4v) is 1.91. The van der Waals surface area contributed by atoms with Crippen molar-refractivity contribution in [1.82, 2.24) is 5.32 Å². The van der Waals surface area contributed by atoms with E-state index in [-0.39, 0.29) is 11.7 Å². The molecule has 0 fully saturated rings.